The van der Waals surface area contributed by atoms with Gasteiger partial charge in [0.05, 0.1) is 23.6 Å². The Morgan fingerprint density at radius 2 is 1.50 bits per heavy atom. The average Bonchev–Trinajstić information content (AvgIpc) is 3.51. The summed E-state index contributed by atoms with van der Waals surface area (Å²) in [7, 11) is 0. The normalized spacial score (nSPS) is 20.0. The second-order valence-corrected chi connectivity index (χ2v) is 7.16. The fourth-order valence-corrected chi connectivity index (χ4v) is 4.00. The van der Waals surface area contributed by atoms with Crippen LogP contribution in [0.15, 0.2) is 84.9 Å². The highest BCUT2D eigenvalue weighted by molar-refractivity contribution is 5.81. The van der Waals surface area contributed by atoms with E-state index in [2.05, 4.69) is 4.90 Å². The minimum absolute atomic E-state index is 0.0290. The van der Waals surface area contributed by atoms with Crippen molar-refractivity contribution in [1.82, 2.24) is 4.90 Å². The molecule has 152 valence electrons. The first-order chi connectivity index (χ1) is 14.6. The minimum Gasteiger partial charge on any atom is -0.465 e. The van der Waals surface area contributed by atoms with Gasteiger partial charge in [0.25, 0.3) is 5.69 Å². The highest BCUT2D eigenvalue weighted by Gasteiger charge is 2.58. The third kappa shape index (κ3) is 3.82. The molecular weight excluding hydrogens is 380 g/mol. The third-order valence-corrected chi connectivity index (χ3v) is 5.35. The Kier molecular flexibility index (Phi) is 5.59. The molecule has 3 atom stereocenters. The van der Waals surface area contributed by atoms with Crippen LogP contribution in [0.1, 0.15) is 35.7 Å². The molecule has 1 heterocycles. The van der Waals surface area contributed by atoms with Gasteiger partial charge in [-0.2, -0.15) is 0 Å². The van der Waals surface area contributed by atoms with Gasteiger partial charge in [0.15, 0.2) is 0 Å². The molecule has 0 aromatic heterocycles. The summed E-state index contributed by atoms with van der Waals surface area (Å²) in [6, 6.07) is 25.6. The van der Waals surface area contributed by atoms with Crippen LogP contribution in [0.25, 0.3) is 0 Å². The predicted molar refractivity (Wildman–Crippen MR) is 113 cm³/mol. The van der Waals surface area contributed by atoms with Gasteiger partial charge in [0.1, 0.15) is 6.04 Å². The van der Waals surface area contributed by atoms with E-state index in [0.717, 1.165) is 16.7 Å². The van der Waals surface area contributed by atoms with Crippen LogP contribution < -0.4 is 0 Å². The van der Waals surface area contributed by atoms with Gasteiger partial charge in [-0.05, 0) is 23.6 Å². The second kappa shape index (κ2) is 8.47. The number of carbonyl (C=O) groups is 1. The van der Waals surface area contributed by atoms with Gasteiger partial charge in [-0.15, -0.1) is 0 Å². The SMILES string of the molecule is CCOC(=O)[C@@H]1[C@H](c2ccc([N+](=O)[O-])cc2)N1C(c1ccccc1)c1ccccc1. The molecule has 3 aromatic carbocycles. The van der Waals surface area contributed by atoms with Crippen molar-refractivity contribution in [2.75, 3.05) is 6.61 Å². The maximum Gasteiger partial charge on any atom is 0.325 e. The molecule has 1 saturated heterocycles. The molecular formula is C24H22N2O4. The van der Waals surface area contributed by atoms with Crippen molar-refractivity contribution in [2.24, 2.45) is 0 Å². The quantitative estimate of drug-likeness (QED) is 0.248. The van der Waals surface area contributed by atoms with Crippen molar-refractivity contribution in [3.63, 3.8) is 0 Å². The predicted octanol–water partition coefficient (Wildman–Crippen LogP) is 4.67. The van der Waals surface area contributed by atoms with Crippen LogP contribution in [0.4, 0.5) is 5.69 Å². The monoisotopic (exact) mass is 402 g/mol. The van der Waals surface area contributed by atoms with E-state index in [0.29, 0.717) is 6.61 Å². The Morgan fingerprint density at radius 1 is 0.967 bits per heavy atom. The minimum atomic E-state index is -0.447. The second-order valence-electron chi connectivity index (χ2n) is 7.16. The molecule has 0 aliphatic carbocycles. The largest absolute Gasteiger partial charge is 0.465 e. The average molecular weight is 402 g/mol. The Hall–Kier alpha value is -3.51. The summed E-state index contributed by atoms with van der Waals surface area (Å²) in [5.74, 6) is -0.280. The van der Waals surface area contributed by atoms with Gasteiger partial charge in [0.2, 0.25) is 0 Å². The van der Waals surface area contributed by atoms with E-state index in [1.807, 2.05) is 60.7 Å². The van der Waals surface area contributed by atoms with Gasteiger partial charge in [-0.25, -0.2) is 0 Å². The van der Waals surface area contributed by atoms with Gasteiger partial charge in [-0.3, -0.25) is 19.8 Å². The number of rotatable bonds is 7. The number of hydrogen-bond donors (Lipinski definition) is 0. The number of carbonyl (C=O) groups excluding carboxylic acids is 1. The summed E-state index contributed by atoms with van der Waals surface area (Å²) in [6.45, 7) is 2.09. The fourth-order valence-electron chi connectivity index (χ4n) is 4.00. The molecule has 1 fully saturated rings. The zero-order valence-electron chi connectivity index (χ0n) is 16.5. The Morgan fingerprint density at radius 3 is 1.97 bits per heavy atom. The molecule has 0 radical (unpaired) electrons. The summed E-state index contributed by atoms with van der Waals surface area (Å²) in [5.41, 5.74) is 3.03. The molecule has 0 saturated carbocycles. The molecule has 0 N–H and O–H groups in total. The lowest BCUT2D eigenvalue weighted by Crippen LogP contribution is -2.20. The van der Waals surface area contributed by atoms with Crippen LogP contribution in [0.3, 0.4) is 0 Å². The van der Waals surface area contributed by atoms with E-state index in [4.69, 9.17) is 4.74 Å². The Labute approximate surface area is 174 Å². The molecule has 30 heavy (non-hydrogen) atoms. The summed E-state index contributed by atoms with van der Waals surface area (Å²) >= 11 is 0. The van der Waals surface area contributed by atoms with E-state index in [1.54, 1.807) is 19.1 Å². The number of nitro benzene ring substituents is 1. The molecule has 6 heteroatoms. The van der Waals surface area contributed by atoms with Crippen molar-refractivity contribution in [3.8, 4) is 0 Å². The summed E-state index contributed by atoms with van der Waals surface area (Å²) in [5, 5.41) is 11.0. The van der Waals surface area contributed by atoms with E-state index >= 15 is 0 Å². The number of nitro groups is 1. The highest BCUT2D eigenvalue weighted by atomic mass is 16.6. The first kappa shape index (κ1) is 19.8. The Balaban J connectivity index is 1.75. The maximum atomic E-state index is 12.8. The topological polar surface area (TPSA) is 72.5 Å². The van der Waals surface area contributed by atoms with Crippen molar-refractivity contribution in [2.45, 2.75) is 25.0 Å². The highest BCUT2D eigenvalue weighted by Crippen LogP contribution is 2.52. The number of benzene rings is 3. The van der Waals surface area contributed by atoms with Gasteiger partial charge < -0.3 is 4.74 Å². The lowest BCUT2D eigenvalue weighted by molar-refractivity contribution is -0.384. The van der Waals surface area contributed by atoms with Gasteiger partial charge >= 0.3 is 5.97 Å². The van der Waals surface area contributed by atoms with Crippen LogP contribution >= 0.6 is 0 Å². The molecule has 1 aliphatic heterocycles. The zero-order valence-corrected chi connectivity index (χ0v) is 16.5. The van der Waals surface area contributed by atoms with Crippen molar-refractivity contribution >= 4 is 11.7 Å². The molecule has 3 aromatic rings. The van der Waals surface area contributed by atoms with E-state index in [9.17, 15) is 14.9 Å². The Bertz CT molecular complexity index is 983. The van der Waals surface area contributed by atoms with Crippen molar-refractivity contribution in [3.05, 3.63) is 112 Å². The molecule has 0 spiro atoms. The fraction of sp³-hybridized carbons (Fsp3) is 0.208. The molecule has 6 nitrogen and oxygen atoms in total. The first-order valence-electron chi connectivity index (χ1n) is 9.90. The van der Waals surface area contributed by atoms with Crippen LogP contribution in [0, 0.1) is 10.1 Å². The van der Waals surface area contributed by atoms with Crippen LogP contribution in [0.2, 0.25) is 0 Å². The van der Waals surface area contributed by atoms with Crippen LogP contribution in [0.5, 0.6) is 0 Å². The third-order valence-electron chi connectivity index (χ3n) is 5.35. The molecule has 1 unspecified atom stereocenters. The standard InChI is InChI=1S/C24H22N2O4/c1-2-30-24(27)23-22(19-13-15-20(16-14-19)26(28)29)25(23)21(17-9-5-3-6-10-17)18-11-7-4-8-12-18/h3-16,21-23H,2H2,1H3/t22-,23-,25?/m0/s1. The summed E-state index contributed by atoms with van der Waals surface area (Å²) < 4.78 is 5.34. The van der Waals surface area contributed by atoms with Gasteiger partial charge in [0, 0.05) is 12.1 Å². The van der Waals surface area contributed by atoms with Crippen LogP contribution in [-0.2, 0) is 9.53 Å². The molecule has 4 rings (SSSR count). The zero-order chi connectivity index (χ0) is 21.1. The number of hydrogen-bond acceptors (Lipinski definition) is 5. The van der Waals surface area contributed by atoms with Crippen molar-refractivity contribution < 1.29 is 14.5 Å². The summed E-state index contributed by atoms with van der Waals surface area (Å²) in [6.07, 6.45) is 0. The first-order valence-corrected chi connectivity index (χ1v) is 9.90. The van der Waals surface area contributed by atoms with Crippen LogP contribution in [-0.4, -0.2) is 28.4 Å². The number of esters is 1. The molecule has 0 bridgehead atoms. The van der Waals surface area contributed by atoms with E-state index < -0.39 is 11.0 Å². The van der Waals surface area contributed by atoms with Gasteiger partial charge in [-0.1, -0.05) is 72.8 Å². The number of nitrogens with zero attached hydrogens (tertiary/aromatic N) is 2. The van der Waals surface area contributed by atoms with E-state index in [-0.39, 0.29) is 23.7 Å². The lowest BCUT2D eigenvalue weighted by Gasteiger charge is -2.21. The molecule has 0 amide bonds. The number of ether oxygens (including phenoxy) is 1. The van der Waals surface area contributed by atoms with Crippen molar-refractivity contribution in [1.29, 1.82) is 0 Å². The summed E-state index contributed by atoms with van der Waals surface area (Å²) in [4.78, 5) is 25.5. The maximum absolute atomic E-state index is 12.8. The lowest BCUT2D eigenvalue weighted by atomic mass is 9.98. The smallest absolute Gasteiger partial charge is 0.325 e. The molecule has 1 aliphatic rings. The number of non-ortho nitro benzene ring substituents is 1. The van der Waals surface area contributed by atoms with E-state index in [1.165, 1.54) is 12.1 Å².